The molecular formula is C14H19F2NO3. The summed E-state index contributed by atoms with van der Waals surface area (Å²) in [4.78, 5) is 11.7. The van der Waals surface area contributed by atoms with Crippen LogP contribution in [0.3, 0.4) is 0 Å². The molecule has 4 nitrogen and oxygen atoms in total. The van der Waals surface area contributed by atoms with Crippen molar-refractivity contribution in [3.8, 4) is 0 Å². The quantitative estimate of drug-likeness (QED) is 0.898. The largest absolute Gasteiger partial charge is 0.444 e. The van der Waals surface area contributed by atoms with E-state index in [9.17, 15) is 18.7 Å². The SMILES string of the molecule is CC(C)(C)OC(=O)N[C@@](C)(CO)c1cc(F)cc(F)c1. The van der Waals surface area contributed by atoms with E-state index in [-0.39, 0.29) is 5.56 Å². The molecule has 0 unspecified atom stereocenters. The highest BCUT2D eigenvalue weighted by atomic mass is 19.1. The molecule has 0 saturated carbocycles. The molecule has 112 valence electrons. The predicted molar refractivity (Wildman–Crippen MR) is 70.2 cm³/mol. The van der Waals surface area contributed by atoms with Crippen LogP contribution in [0.15, 0.2) is 18.2 Å². The molecule has 0 aliphatic rings. The molecule has 0 fully saturated rings. The van der Waals surface area contributed by atoms with E-state index in [0.29, 0.717) is 0 Å². The van der Waals surface area contributed by atoms with Crippen molar-refractivity contribution in [1.82, 2.24) is 5.32 Å². The molecule has 0 spiro atoms. The first-order valence-corrected chi connectivity index (χ1v) is 6.14. The highest BCUT2D eigenvalue weighted by Crippen LogP contribution is 2.23. The van der Waals surface area contributed by atoms with Gasteiger partial charge in [-0.25, -0.2) is 13.6 Å². The molecule has 6 heteroatoms. The van der Waals surface area contributed by atoms with E-state index >= 15 is 0 Å². The van der Waals surface area contributed by atoms with E-state index in [1.807, 2.05) is 0 Å². The number of hydrogen-bond donors (Lipinski definition) is 2. The normalized spacial score (nSPS) is 14.6. The topological polar surface area (TPSA) is 58.6 Å². The van der Waals surface area contributed by atoms with E-state index < -0.39 is 35.5 Å². The summed E-state index contributed by atoms with van der Waals surface area (Å²) in [6.45, 7) is 5.97. The van der Waals surface area contributed by atoms with Crippen molar-refractivity contribution < 1.29 is 23.4 Å². The van der Waals surface area contributed by atoms with Crippen LogP contribution in [-0.4, -0.2) is 23.4 Å². The Kier molecular flexibility index (Phi) is 4.70. The number of nitrogens with one attached hydrogen (secondary N) is 1. The van der Waals surface area contributed by atoms with Gasteiger partial charge in [-0.15, -0.1) is 0 Å². The first-order chi connectivity index (χ1) is 9.05. The second kappa shape index (κ2) is 5.75. The van der Waals surface area contributed by atoms with Gasteiger partial charge in [-0.05, 0) is 45.4 Å². The molecule has 1 rings (SSSR count). The maximum atomic E-state index is 13.2. The summed E-state index contributed by atoms with van der Waals surface area (Å²) in [5.74, 6) is -1.57. The molecule has 1 aromatic rings. The van der Waals surface area contributed by atoms with Gasteiger partial charge in [0.1, 0.15) is 17.2 Å². The molecule has 1 amide bonds. The zero-order valence-electron chi connectivity index (χ0n) is 12.0. The lowest BCUT2D eigenvalue weighted by Crippen LogP contribution is -2.48. The molecule has 0 saturated heterocycles. The number of ether oxygens (including phenoxy) is 1. The zero-order valence-corrected chi connectivity index (χ0v) is 12.0. The van der Waals surface area contributed by atoms with E-state index in [0.717, 1.165) is 18.2 Å². The average molecular weight is 287 g/mol. The Morgan fingerprint density at radius 2 is 1.70 bits per heavy atom. The highest BCUT2D eigenvalue weighted by molar-refractivity contribution is 5.69. The summed E-state index contributed by atoms with van der Waals surface area (Å²) in [6, 6.07) is 2.82. The number of carbonyl (C=O) groups excluding carboxylic acids is 1. The van der Waals surface area contributed by atoms with Crippen molar-refractivity contribution in [1.29, 1.82) is 0 Å². The molecule has 0 heterocycles. The van der Waals surface area contributed by atoms with Crippen molar-refractivity contribution in [2.75, 3.05) is 6.61 Å². The number of aliphatic hydroxyl groups excluding tert-OH is 1. The zero-order chi connectivity index (χ0) is 15.6. The molecule has 0 radical (unpaired) electrons. The summed E-state index contributed by atoms with van der Waals surface area (Å²) >= 11 is 0. The summed E-state index contributed by atoms with van der Waals surface area (Å²) in [6.07, 6.45) is -0.779. The molecule has 0 aliphatic heterocycles. The van der Waals surface area contributed by atoms with Gasteiger partial charge in [0.2, 0.25) is 0 Å². The van der Waals surface area contributed by atoms with Crippen molar-refractivity contribution in [2.45, 2.75) is 38.8 Å². The van der Waals surface area contributed by atoms with Gasteiger partial charge < -0.3 is 15.2 Å². The predicted octanol–water partition coefficient (Wildman–Crippen LogP) is 2.70. The monoisotopic (exact) mass is 287 g/mol. The van der Waals surface area contributed by atoms with Gasteiger partial charge >= 0.3 is 6.09 Å². The Morgan fingerprint density at radius 3 is 2.10 bits per heavy atom. The summed E-state index contributed by atoms with van der Waals surface area (Å²) in [5, 5.41) is 11.9. The fourth-order valence-corrected chi connectivity index (χ4v) is 1.60. The van der Waals surface area contributed by atoms with Crippen LogP contribution >= 0.6 is 0 Å². The molecule has 0 aliphatic carbocycles. The minimum atomic E-state index is -1.34. The van der Waals surface area contributed by atoms with E-state index in [1.165, 1.54) is 6.92 Å². The summed E-state index contributed by atoms with van der Waals surface area (Å²) in [5.41, 5.74) is -1.94. The average Bonchev–Trinajstić information content (AvgIpc) is 2.24. The third-order valence-electron chi connectivity index (χ3n) is 2.59. The lowest BCUT2D eigenvalue weighted by Gasteiger charge is -2.31. The van der Waals surface area contributed by atoms with Crippen molar-refractivity contribution in [2.24, 2.45) is 0 Å². The van der Waals surface area contributed by atoms with Crippen molar-refractivity contribution in [3.63, 3.8) is 0 Å². The highest BCUT2D eigenvalue weighted by Gasteiger charge is 2.31. The van der Waals surface area contributed by atoms with Crippen LogP contribution < -0.4 is 5.32 Å². The van der Waals surface area contributed by atoms with Crippen LogP contribution in [0.5, 0.6) is 0 Å². The van der Waals surface area contributed by atoms with Gasteiger partial charge in [0.25, 0.3) is 0 Å². The molecule has 2 N–H and O–H groups in total. The number of rotatable bonds is 3. The lowest BCUT2D eigenvalue weighted by atomic mass is 9.93. The van der Waals surface area contributed by atoms with Gasteiger partial charge in [-0.3, -0.25) is 0 Å². The number of benzene rings is 1. The van der Waals surface area contributed by atoms with Crippen LogP contribution in [0.1, 0.15) is 33.3 Å². The smallest absolute Gasteiger partial charge is 0.408 e. The number of halogens is 2. The number of alkyl carbamates (subject to hydrolysis) is 1. The maximum Gasteiger partial charge on any atom is 0.408 e. The molecule has 0 aromatic heterocycles. The fraction of sp³-hybridized carbons (Fsp3) is 0.500. The first kappa shape index (κ1) is 16.4. The van der Waals surface area contributed by atoms with E-state index in [4.69, 9.17) is 4.74 Å². The van der Waals surface area contributed by atoms with Crippen LogP contribution in [0.4, 0.5) is 13.6 Å². The third kappa shape index (κ3) is 4.45. The molecule has 1 aromatic carbocycles. The molecular weight excluding hydrogens is 268 g/mol. The Morgan fingerprint density at radius 1 is 1.20 bits per heavy atom. The number of aliphatic hydroxyl groups is 1. The Balaban J connectivity index is 2.99. The first-order valence-electron chi connectivity index (χ1n) is 6.14. The maximum absolute atomic E-state index is 13.2. The number of carbonyl (C=O) groups is 1. The van der Waals surface area contributed by atoms with Crippen LogP contribution in [-0.2, 0) is 10.3 Å². The van der Waals surface area contributed by atoms with Gasteiger partial charge in [0.05, 0.1) is 12.1 Å². The molecule has 1 atom stereocenters. The Hall–Kier alpha value is -1.69. The van der Waals surface area contributed by atoms with E-state index in [1.54, 1.807) is 20.8 Å². The second-order valence-corrected chi connectivity index (χ2v) is 5.78. The minimum Gasteiger partial charge on any atom is -0.444 e. The molecule has 20 heavy (non-hydrogen) atoms. The summed E-state index contributed by atoms with van der Waals surface area (Å²) in [7, 11) is 0. The molecule has 0 bridgehead atoms. The van der Waals surface area contributed by atoms with Gasteiger partial charge in [0.15, 0.2) is 0 Å². The second-order valence-electron chi connectivity index (χ2n) is 5.78. The van der Waals surface area contributed by atoms with E-state index in [2.05, 4.69) is 5.32 Å². The van der Waals surface area contributed by atoms with Gasteiger partial charge in [-0.2, -0.15) is 0 Å². The third-order valence-corrected chi connectivity index (χ3v) is 2.59. The Bertz CT molecular complexity index is 479. The Labute approximate surface area is 116 Å². The number of amides is 1. The van der Waals surface area contributed by atoms with Crippen molar-refractivity contribution in [3.05, 3.63) is 35.4 Å². The minimum absolute atomic E-state index is 0.114. The van der Waals surface area contributed by atoms with Gasteiger partial charge in [-0.1, -0.05) is 0 Å². The van der Waals surface area contributed by atoms with Crippen LogP contribution in [0.25, 0.3) is 0 Å². The van der Waals surface area contributed by atoms with Crippen LogP contribution in [0, 0.1) is 11.6 Å². The van der Waals surface area contributed by atoms with Gasteiger partial charge in [0, 0.05) is 6.07 Å². The lowest BCUT2D eigenvalue weighted by molar-refractivity contribution is 0.0410. The van der Waals surface area contributed by atoms with Crippen molar-refractivity contribution >= 4 is 6.09 Å². The fourth-order valence-electron chi connectivity index (χ4n) is 1.60. The standard InChI is InChI=1S/C14H19F2NO3/c1-13(2,3)20-12(19)17-14(4,8-18)9-5-10(15)7-11(16)6-9/h5-7,18H,8H2,1-4H3,(H,17,19)/t14-/m0/s1. The summed E-state index contributed by atoms with van der Waals surface area (Å²) < 4.78 is 31.5. The van der Waals surface area contributed by atoms with Crippen LogP contribution in [0.2, 0.25) is 0 Å². The number of hydrogen-bond acceptors (Lipinski definition) is 3.